The Morgan fingerprint density at radius 2 is 1.78 bits per heavy atom. The number of nitrogen functional groups attached to an aromatic ring is 1. The molecule has 3 aromatic carbocycles. The highest BCUT2D eigenvalue weighted by Gasteiger charge is 2.36. The van der Waals surface area contributed by atoms with Crippen LogP contribution >= 0.6 is 21.0 Å². The van der Waals surface area contributed by atoms with Crippen molar-refractivity contribution in [3.05, 3.63) is 122 Å². The number of hydrogen-bond donors (Lipinski definition) is 3. The molecule has 4 unspecified atom stereocenters. The number of aryl methyl sites for hydroxylation is 1. The molecule has 45 heavy (non-hydrogen) atoms. The summed E-state index contributed by atoms with van der Waals surface area (Å²) >= 11 is 1.61. The van der Waals surface area contributed by atoms with E-state index in [1.807, 2.05) is 31.2 Å². The maximum absolute atomic E-state index is 15.3. The molecule has 4 rings (SSSR count). The topological polar surface area (TPSA) is 87.2 Å². The number of hydrogen-bond acceptors (Lipinski definition) is 3. The molecule has 0 aromatic heterocycles. The molecule has 1 aliphatic rings. The predicted octanol–water partition coefficient (Wildman–Crippen LogP) is 8.88. The van der Waals surface area contributed by atoms with Gasteiger partial charge in [-0.2, -0.15) is 0 Å². The molecule has 0 radical (unpaired) electrons. The van der Waals surface area contributed by atoms with Crippen LogP contribution in [0.1, 0.15) is 92.1 Å². The molecule has 238 valence electrons. The third-order valence-electron chi connectivity index (χ3n) is 9.44. The van der Waals surface area contributed by atoms with Gasteiger partial charge in [-0.05, 0) is 94.8 Å². The highest BCUT2D eigenvalue weighted by atomic mass is 32.2. The summed E-state index contributed by atoms with van der Waals surface area (Å²) in [5.41, 5.74) is 12.0. The number of rotatable bonds is 9. The zero-order chi connectivity index (χ0) is 33.2. The van der Waals surface area contributed by atoms with Gasteiger partial charge in [-0.1, -0.05) is 76.1 Å². The van der Waals surface area contributed by atoms with Gasteiger partial charge in [0.25, 0.3) is 0 Å². The molecule has 0 saturated heterocycles. The molecular weight excluding hydrogens is 605 g/mol. The maximum atomic E-state index is 15.3. The first-order chi connectivity index (χ1) is 21.1. The highest BCUT2D eigenvalue weighted by Crippen LogP contribution is 2.49. The minimum Gasteiger partial charge on any atom is -0.478 e. The van der Waals surface area contributed by atoms with E-state index in [9.17, 15) is 14.3 Å². The van der Waals surface area contributed by atoms with Gasteiger partial charge in [-0.25, -0.2) is 13.6 Å². The number of aromatic carboxylic acids is 1. The molecule has 0 heterocycles. The van der Waals surface area contributed by atoms with Crippen molar-refractivity contribution < 1.29 is 18.7 Å². The molecule has 0 fully saturated rings. The number of carboxylic acids is 1. The number of carbonyl (C=O) groups is 1. The Hall–Kier alpha value is -3.28. The van der Waals surface area contributed by atoms with E-state index in [1.54, 1.807) is 17.8 Å². The van der Waals surface area contributed by atoms with Gasteiger partial charge in [0.1, 0.15) is 17.5 Å². The van der Waals surface area contributed by atoms with Crippen LogP contribution in [-0.4, -0.2) is 16.9 Å². The van der Waals surface area contributed by atoms with E-state index in [0.29, 0.717) is 35.3 Å². The lowest BCUT2D eigenvalue weighted by Gasteiger charge is -2.40. The van der Waals surface area contributed by atoms with Crippen LogP contribution in [0.4, 0.5) is 8.78 Å². The van der Waals surface area contributed by atoms with E-state index in [-0.39, 0.29) is 35.0 Å². The lowest BCUT2D eigenvalue weighted by atomic mass is 9.65. The zero-order valence-corrected chi connectivity index (χ0v) is 28.8. The van der Waals surface area contributed by atoms with Crippen molar-refractivity contribution in [2.75, 3.05) is 0 Å². The third kappa shape index (κ3) is 7.42. The normalized spacial score (nSPS) is 19.1. The average molecular weight is 649 g/mol. The second-order valence-corrected chi connectivity index (χ2v) is 14.2. The SMILES string of the molecule is CCc1cc(C(=O)O)cc(F)c1CSC1=C(C)C(C)C=C(C(C)(C)c2ccc(P)c(C(=N)N)c2)C(C)C(c2ccc(F)cc2)C1. The molecular formula is C37H43F2N2O2PS. The third-order valence-corrected chi connectivity index (χ3v) is 11.2. The lowest BCUT2D eigenvalue weighted by molar-refractivity contribution is 0.0696. The summed E-state index contributed by atoms with van der Waals surface area (Å²) in [6.07, 6.45) is 3.57. The smallest absolute Gasteiger partial charge is 0.335 e. The summed E-state index contributed by atoms with van der Waals surface area (Å²) in [6.45, 7) is 12.9. The summed E-state index contributed by atoms with van der Waals surface area (Å²) in [6, 6.07) is 15.5. The Balaban J connectivity index is 1.81. The second kappa shape index (κ2) is 14.0. The largest absolute Gasteiger partial charge is 0.478 e. The van der Waals surface area contributed by atoms with Crippen LogP contribution in [0.5, 0.6) is 0 Å². The number of nitrogens with two attached hydrogens (primary N) is 1. The van der Waals surface area contributed by atoms with Crippen LogP contribution in [0.3, 0.4) is 0 Å². The molecule has 1 aliphatic carbocycles. The second-order valence-electron chi connectivity index (χ2n) is 12.6. The monoisotopic (exact) mass is 648 g/mol. The summed E-state index contributed by atoms with van der Waals surface area (Å²) in [7, 11) is 2.66. The van der Waals surface area contributed by atoms with Crippen molar-refractivity contribution >= 4 is 38.1 Å². The Kier molecular flexibility index (Phi) is 10.8. The molecule has 4 nitrogen and oxygen atoms in total. The molecule has 4 atom stereocenters. The number of carboxylic acid groups (broad SMARTS) is 1. The number of thioether (sulfide) groups is 1. The van der Waals surface area contributed by atoms with Crippen molar-refractivity contribution in [1.29, 1.82) is 5.41 Å². The van der Waals surface area contributed by atoms with E-state index >= 15 is 4.39 Å². The number of nitrogens with one attached hydrogen (secondary N) is 1. The zero-order valence-electron chi connectivity index (χ0n) is 26.8. The number of halogens is 2. The van der Waals surface area contributed by atoms with E-state index in [0.717, 1.165) is 27.4 Å². The highest BCUT2D eigenvalue weighted by molar-refractivity contribution is 8.02. The van der Waals surface area contributed by atoms with Crippen LogP contribution in [0.15, 0.2) is 76.7 Å². The fraction of sp³-hybridized carbons (Fsp3) is 0.351. The van der Waals surface area contributed by atoms with Gasteiger partial charge in [0, 0.05) is 22.3 Å². The standard InChI is InChI=1S/C37H43F2N2O2PS/c1-7-23-15-25(36(42)43)16-32(39)30(23)19-45-34-18-28(24-8-11-27(38)12-9-24)22(4)31(14-20(2)21(34)3)37(5,6)26-10-13-33(44)29(17-26)35(40)41/h8-17,20,22,28H,7,18-19,44H2,1-6H3,(H3,40,41)(H,42,43). The van der Waals surface area contributed by atoms with Crippen molar-refractivity contribution in [2.45, 2.75) is 71.5 Å². The molecule has 8 heteroatoms. The number of allylic oxidation sites excluding steroid dienone is 4. The van der Waals surface area contributed by atoms with Gasteiger partial charge in [-0.15, -0.1) is 21.0 Å². The van der Waals surface area contributed by atoms with Crippen molar-refractivity contribution in [2.24, 2.45) is 17.6 Å². The van der Waals surface area contributed by atoms with Gasteiger partial charge in [0.2, 0.25) is 0 Å². The van der Waals surface area contributed by atoms with Crippen LogP contribution in [-0.2, 0) is 17.6 Å². The van der Waals surface area contributed by atoms with E-state index in [2.05, 4.69) is 56.0 Å². The summed E-state index contributed by atoms with van der Waals surface area (Å²) in [5, 5.41) is 18.4. The molecule has 0 saturated carbocycles. The van der Waals surface area contributed by atoms with Crippen molar-refractivity contribution in [1.82, 2.24) is 0 Å². The van der Waals surface area contributed by atoms with E-state index in [4.69, 9.17) is 11.1 Å². The molecule has 0 amide bonds. The van der Waals surface area contributed by atoms with Gasteiger partial charge in [0.05, 0.1) is 5.56 Å². The lowest BCUT2D eigenvalue weighted by Crippen LogP contribution is -2.31. The first-order valence-electron chi connectivity index (χ1n) is 15.2. The Bertz CT molecular complexity index is 1680. The van der Waals surface area contributed by atoms with Gasteiger partial charge < -0.3 is 10.8 Å². The van der Waals surface area contributed by atoms with Crippen LogP contribution < -0.4 is 11.0 Å². The van der Waals surface area contributed by atoms with Crippen LogP contribution in [0.25, 0.3) is 0 Å². The molecule has 0 bridgehead atoms. The first kappa shape index (κ1) is 34.6. The fourth-order valence-corrected chi connectivity index (χ4v) is 8.11. The maximum Gasteiger partial charge on any atom is 0.335 e. The Labute approximate surface area is 272 Å². The van der Waals surface area contributed by atoms with Crippen molar-refractivity contribution in [3.63, 3.8) is 0 Å². The fourth-order valence-electron chi connectivity index (χ4n) is 6.42. The molecule has 0 aliphatic heterocycles. The summed E-state index contributed by atoms with van der Waals surface area (Å²) in [4.78, 5) is 12.7. The minimum absolute atomic E-state index is 0.0132. The molecule has 3 aromatic rings. The van der Waals surface area contributed by atoms with Crippen LogP contribution in [0.2, 0.25) is 0 Å². The van der Waals surface area contributed by atoms with Gasteiger partial charge in [0.15, 0.2) is 0 Å². The van der Waals surface area contributed by atoms with Gasteiger partial charge in [-0.3, -0.25) is 5.41 Å². The average Bonchev–Trinajstić information content (AvgIpc) is 2.99. The predicted molar refractivity (Wildman–Crippen MR) is 187 cm³/mol. The summed E-state index contributed by atoms with van der Waals surface area (Å²) < 4.78 is 29.3. The molecule has 4 N–H and O–H groups in total. The Morgan fingerprint density at radius 3 is 2.38 bits per heavy atom. The number of benzene rings is 3. The van der Waals surface area contributed by atoms with E-state index < -0.39 is 17.2 Å². The van der Waals surface area contributed by atoms with Gasteiger partial charge >= 0.3 is 5.97 Å². The quantitative estimate of drug-likeness (QED) is 0.0936. The molecule has 0 spiro atoms. The number of amidine groups is 1. The van der Waals surface area contributed by atoms with E-state index in [1.165, 1.54) is 23.3 Å². The minimum atomic E-state index is -1.14. The Morgan fingerprint density at radius 1 is 1.11 bits per heavy atom. The first-order valence-corrected chi connectivity index (χ1v) is 16.8. The van der Waals surface area contributed by atoms with Crippen molar-refractivity contribution in [3.8, 4) is 0 Å². The van der Waals surface area contributed by atoms with Crippen LogP contribution in [0, 0.1) is 28.9 Å². The summed E-state index contributed by atoms with van der Waals surface area (Å²) in [5.74, 6) is -1.35.